The lowest BCUT2D eigenvalue weighted by Gasteiger charge is -2.13. The third kappa shape index (κ3) is 2.56. The maximum Gasteiger partial charge on any atom is 0.0845 e. The molecule has 2 nitrogen and oxygen atoms in total. The second-order valence-electron chi connectivity index (χ2n) is 5.09. The second kappa shape index (κ2) is 5.43. The van der Waals surface area contributed by atoms with Crippen LogP contribution >= 0.6 is 0 Å². The Morgan fingerprint density at radius 2 is 1.80 bits per heavy atom. The molecule has 1 atom stereocenters. The summed E-state index contributed by atoms with van der Waals surface area (Å²) in [6.45, 7) is 1.95. The van der Waals surface area contributed by atoms with Gasteiger partial charge in [-0.25, -0.2) is 0 Å². The largest absolute Gasteiger partial charge is 0.388 e. The van der Waals surface area contributed by atoms with Crippen molar-refractivity contribution in [2.75, 3.05) is 0 Å². The maximum atomic E-state index is 10.4. The smallest absolute Gasteiger partial charge is 0.0845 e. The SMILES string of the molecule is Cc1ccc(C(O)Cc2cccc3ccccc23)cn1. The molecular weight excluding hydrogens is 246 g/mol. The molecule has 2 heteroatoms. The Hall–Kier alpha value is -2.19. The highest BCUT2D eigenvalue weighted by molar-refractivity contribution is 5.85. The molecule has 0 bridgehead atoms. The second-order valence-corrected chi connectivity index (χ2v) is 5.09. The van der Waals surface area contributed by atoms with Crippen molar-refractivity contribution in [1.29, 1.82) is 0 Å². The zero-order valence-electron chi connectivity index (χ0n) is 11.5. The predicted molar refractivity (Wildman–Crippen MR) is 81.6 cm³/mol. The van der Waals surface area contributed by atoms with E-state index in [1.807, 2.05) is 37.3 Å². The molecule has 0 amide bonds. The van der Waals surface area contributed by atoms with Crippen molar-refractivity contribution in [3.05, 3.63) is 77.6 Å². The van der Waals surface area contributed by atoms with Gasteiger partial charge in [0.2, 0.25) is 0 Å². The summed E-state index contributed by atoms with van der Waals surface area (Å²) in [7, 11) is 0. The Labute approximate surface area is 118 Å². The summed E-state index contributed by atoms with van der Waals surface area (Å²) in [6.07, 6.45) is 1.84. The first kappa shape index (κ1) is 12.8. The van der Waals surface area contributed by atoms with Crippen molar-refractivity contribution in [3.8, 4) is 0 Å². The van der Waals surface area contributed by atoms with Crippen molar-refractivity contribution in [3.63, 3.8) is 0 Å². The first-order chi connectivity index (χ1) is 9.74. The van der Waals surface area contributed by atoms with Gasteiger partial charge in [0.05, 0.1) is 6.10 Å². The molecule has 1 heterocycles. The highest BCUT2D eigenvalue weighted by Gasteiger charge is 2.10. The fraction of sp³-hybridized carbons (Fsp3) is 0.167. The van der Waals surface area contributed by atoms with E-state index in [0.717, 1.165) is 16.8 Å². The molecule has 100 valence electrons. The van der Waals surface area contributed by atoms with E-state index >= 15 is 0 Å². The predicted octanol–water partition coefficient (Wildman–Crippen LogP) is 3.82. The van der Waals surface area contributed by atoms with E-state index in [1.54, 1.807) is 6.20 Å². The number of benzene rings is 2. The molecule has 20 heavy (non-hydrogen) atoms. The fourth-order valence-corrected chi connectivity index (χ4v) is 2.47. The highest BCUT2D eigenvalue weighted by atomic mass is 16.3. The minimum Gasteiger partial charge on any atom is -0.388 e. The number of rotatable bonds is 3. The molecule has 0 aliphatic rings. The lowest BCUT2D eigenvalue weighted by Crippen LogP contribution is -2.03. The molecule has 1 unspecified atom stereocenters. The molecule has 2 aromatic carbocycles. The van der Waals surface area contributed by atoms with Gasteiger partial charge in [0.1, 0.15) is 0 Å². The summed E-state index contributed by atoms with van der Waals surface area (Å²) in [5.74, 6) is 0. The number of aryl methyl sites for hydroxylation is 1. The summed E-state index contributed by atoms with van der Waals surface area (Å²) in [5.41, 5.74) is 2.99. The zero-order chi connectivity index (χ0) is 13.9. The monoisotopic (exact) mass is 263 g/mol. The Morgan fingerprint density at radius 1 is 1.00 bits per heavy atom. The fourth-order valence-electron chi connectivity index (χ4n) is 2.47. The summed E-state index contributed by atoms with van der Waals surface area (Å²) < 4.78 is 0. The van der Waals surface area contributed by atoms with Crippen LogP contribution in [-0.4, -0.2) is 10.1 Å². The average molecular weight is 263 g/mol. The van der Waals surface area contributed by atoms with E-state index in [4.69, 9.17) is 0 Å². The van der Waals surface area contributed by atoms with Crippen LogP contribution in [0.2, 0.25) is 0 Å². The van der Waals surface area contributed by atoms with E-state index in [1.165, 1.54) is 10.8 Å². The third-order valence-corrected chi connectivity index (χ3v) is 3.61. The van der Waals surface area contributed by atoms with Crippen LogP contribution < -0.4 is 0 Å². The van der Waals surface area contributed by atoms with Crippen LogP contribution in [0, 0.1) is 6.92 Å². The Kier molecular flexibility index (Phi) is 3.48. The summed E-state index contributed by atoms with van der Waals surface area (Å²) in [5, 5.41) is 12.8. The van der Waals surface area contributed by atoms with Crippen LogP contribution in [0.4, 0.5) is 0 Å². The van der Waals surface area contributed by atoms with Gasteiger partial charge in [-0.15, -0.1) is 0 Å². The maximum absolute atomic E-state index is 10.4. The topological polar surface area (TPSA) is 33.1 Å². The molecule has 0 radical (unpaired) electrons. The molecule has 0 fully saturated rings. The van der Waals surface area contributed by atoms with Crippen molar-refractivity contribution in [1.82, 2.24) is 4.98 Å². The van der Waals surface area contributed by atoms with Crippen molar-refractivity contribution >= 4 is 10.8 Å². The Morgan fingerprint density at radius 3 is 2.60 bits per heavy atom. The lowest BCUT2D eigenvalue weighted by molar-refractivity contribution is 0.178. The van der Waals surface area contributed by atoms with Crippen molar-refractivity contribution < 1.29 is 5.11 Å². The number of aliphatic hydroxyl groups is 1. The number of hydrogen-bond donors (Lipinski definition) is 1. The molecule has 3 aromatic rings. The van der Waals surface area contributed by atoms with Gasteiger partial charge in [-0.05, 0) is 34.9 Å². The number of pyridine rings is 1. The van der Waals surface area contributed by atoms with Crippen molar-refractivity contribution in [2.24, 2.45) is 0 Å². The van der Waals surface area contributed by atoms with Crippen LogP contribution in [0.25, 0.3) is 10.8 Å². The Balaban J connectivity index is 1.91. The first-order valence-electron chi connectivity index (χ1n) is 6.81. The minimum absolute atomic E-state index is 0.520. The van der Waals surface area contributed by atoms with Crippen LogP contribution in [0.1, 0.15) is 22.9 Å². The van der Waals surface area contributed by atoms with Crippen molar-refractivity contribution in [2.45, 2.75) is 19.4 Å². The van der Waals surface area contributed by atoms with Crippen LogP contribution in [0.5, 0.6) is 0 Å². The summed E-state index contributed by atoms with van der Waals surface area (Å²) >= 11 is 0. The van der Waals surface area contributed by atoms with Gasteiger partial charge in [-0.3, -0.25) is 4.98 Å². The minimum atomic E-state index is -0.520. The number of nitrogens with zero attached hydrogens (tertiary/aromatic N) is 1. The number of fused-ring (bicyclic) bond motifs is 1. The molecule has 3 rings (SSSR count). The van der Waals surface area contributed by atoms with Gasteiger partial charge in [0.25, 0.3) is 0 Å². The summed E-state index contributed by atoms with van der Waals surface area (Å²) in [4.78, 5) is 4.24. The molecule has 0 saturated heterocycles. The van der Waals surface area contributed by atoms with Crippen LogP contribution in [-0.2, 0) is 6.42 Å². The molecule has 0 saturated carbocycles. The molecule has 0 aliphatic carbocycles. The molecule has 1 aromatic heterocycles. The number of aliphatic hydroxyl groups excluding tert-OH is 1. The average Bonchev–Trinajstić information content (AvgIpc) is 2.48. The first-order valence-corrected chi connectivity index (χ1v) is 6.81. The van der Waals surface area contributed by atoms with Gasteiger partial charge in [-0.2, -0.15) is 0 Å². The van der Waals surface area contributed by atoms with Crippen LogP contribution in [0.15, 0.2) is 60.8 Å². The van der Waals surface area contributed by atoms with Gasteiger partial charge < -0.3 is 5.11 Å². The van der Waals surface area contributed by atoms with E-state index in [9.17, 15) is 5.11 Å². The van der Waals surface area contributed by atoms with Crippen LogP contribution in [0.3, 0.4) is 0 Å². The van der Waals surface area contributed by atoms with Gasteiger partial charge >= 0.3 is 0 Å². The Bertz CT molecular complexity index is 714. The number of hydrogen-bond acceptors (Lipinski definition) is 2. The highest BCUT2D eigenvalue weighted by Crippen LogP contribution is 2.24. The van der Waals surface area contributed by atoms with Gasteiger partial charge in [0, 0.05) is 18.3 Å². The van der Waals surface area contributed by atoms with E-state index in [-0.39, 0.29) is 0 Å². The van der Waals surface area contributed by atoms with Gasteiger partial charge in [0.15, 0.2) is 0 Å². The lowest BCUT2D eigenvalue weighted by atomic mass is 9.97. The molecular formula is C18H17NO. The molecule has 1 N–H and O–H groups in total. The molecule has 0 spiro atoms. The quantitative estimate of drug-likeness (QED) is 0.779. The van der Waals surface area contributed by atoms with E-state index < -0.39 is 6.10 Å². The van der Waals surface area contributed by atoms with Gasteiger partial charge in [-0.1, -0.05) is 48.5 Å². The normalized spacial score (nSPS) is 12.5. The molecule has 0 aliphatic heterocycles. The summed E-state index contributed by atoms with van der Waals surface area (Å²) in [6, 6.07) is 18.4. The van der Waals surface area contributed by atoms with E-state index in [2.05, 4.69) is 29.2 Å². The van der Waals surface area contributed by atoms with E-state index in [0.29, 0.717) is 6.42 Å². The third-order valence-electron chi connectivity index (χ3n) is 3.61. The number of aromatic nitrogens is 1. The standard InChI is InChI=1S/C18H17NO/c1-13-9-10-16(12-19-13)18(20)11-15-7-4-6-14-5-2-3-8-17(14)15/h2-10,12,18,20H,11H2,1H3. The zero-order valence-corrected chi connectivity index (χ0v) is 11.5.